The highest BCUT2D eigenvalue weighted by molar-refractivity contribution is 5.94. The molecule has 0 spiro atoms. The van der Waals surface area contributed by atoms with E-state index in [1.807, 2.05) is 6.07 Å². The predicted octanol–water partition coefficient (Wildman–Crippen LogP) is -0.00382. The van der Waals surface area contributed by atoms with E-state index in [9.17, 15) is 4.79 Å². The van der Waals surface area contributed by atoms with Crippen molar-refractivity contribution in [2.75, 3.05) is 6.54 Å². The number of nitrogens with two attached hydrogens (primary N) is 1. The number of aliphatic hydroxyl groups excluding tert-OH is 1. The molecule has 5 heteroatoms. The molecule has 0 aliphatic heterocycles. The fourth-order valence-corrected chi connectivity index (χ4v) is 1.18. The van der Waals surface area contributed by atoms with Crippen LogP contribution >= 0.6 is 0 Å². The Morgan fingerprint density at radius 3 is 2.59 bits per heavy atom. The summed E-state index contributed by atoms with van der Waals surface area (Å²) < 4.78 is 0. The maximum Gasteiger partial charge on any atom is 0.251 e. The van der Waals surface area contributed by atoms with E-state index in [4.69, 9.17) is 16.1 Å². The Balaban J connectivity index is 2.56. The highest BCUT2D eigenvalue weighted by Gasteiger charge is 2.11. The van der Waals surface area contributed by atoms with Gasteiger partial charge in [-0.05, 0) is 31.2 Å². The standard InChI is InChI=1S/C12H15N3O2/c1-8(16)11(14)7-15-12(17)10-4-2-9(6-13)3-5-10/h2-5,8,11,16H,7,14H2,1H3,(H,15,17). The van der Waals surface area contributed by atoms with Crippen molar-refractivity contribution in [3.63, 3.8) is 0 Å². The number of hydrogen-bond donors (Lipinski definition) is 3. The SMILES string of the molecule is CC(O)C(N)CNC(=O)c1ccc(C#N)cc1. The number of benzene rings is 1. The average molecular weight is 233 g/mol. The van der Waals surface area contributed by atoms with Crippen molar-refractivity contribution in [1.29, 1.82) is 5.26 Å². The Hall–Kier alpha value is -1.90. The molecule has 0 saturated carbocycles. The van der Waals surface area contributed by atoms with Crippen molar-refractivity contribution >= 4 is 5.91 Å². The minimum Gasteiger partial charge on any atom is -0.392 e. The summed E-state index contributed by atoms with van der Waals surface area (Å²) in [6, 6.07) is 7.77. The van der Waals surface area contributed by atoms with Gasteiger partial charge in [-0.15, -0.1) is 0 Å². The molecule has 1 aromatic carbocycles. The van der Waals surface area contributed by atoms with Crippen LogP contribution in [0.25, 0.3) is 0 Å². The second kappa shape index (κ2) is 5.99. The highest BCUT2D eigenvalue weighted by Crippen LogP contribution is 2.03. The molecule has 1 aromatic rings. The predicted molar refractivity (Wildman–Crippen MR) is 63.1 cm³/mol. The minimum absolute atomic E-state index is 0.205. The lowest BCUT2D eigenvalue weighted by atomic mass is 10.1. The maximum absolute atomic E-state index is 11.6. The molecule has 0 heterocycles. The summed E-state index contributed by atoms with van der Waals surface area (Å²) in [5, 5.41) is 20.4. The molecular weight excluding hydrogens is 218 g/mol. The molecule has 17 heavy (non-hydrogen) atoms. The molecule has 0 fully saturated rings. The smallest absolute Gasteiger partial charge is 0.251 e. The van der Waals surface area contributed by atoms with Gasteiger partial charge in [-0.2, -0.15) is 5.26 Å². The summed E-state index contributed by atoms with van der Waals surface area (Å²) in [4.78, 5) is 11.6. The zero-order valence-electron chi connectivity index (χ0n) is 9.55. The van der Waals surface area contributed by atoms with Crippen molar-refractivity contribution in [3.8, 4) is 6.07 Å². The van der Waals surface area contributed by atoms with E-state index in [1.54, 1.807) is 31.2 Å². The van der Waals surface area contributed by atoms with E-state index in [0.29, 0.717) is 11.1 Å². The van der Waals surface area contributed by atoms with Gasteiger partial charge >= 0.3 is 0 Å². The van der Waals surface area contributed by atoms with Crippen molar-refractivity contribution in [1.82, 2.24) is 5.32 Å². The van der Waals surface area contributed by atoms with E-state index in [-0.39, 0.29) is 12.5 Å². The van der Waals surface area contributed by atoms with Crippen molar-refractivity contribution < 1.29 is 9.90 Å². The van der Waals surface area contributed by atoms with Crippen LogP contribution in [0.5, 0.6) is 0 Å². The van der Waals surface area contributed by atoms with E-state index in [1.165, 1.54) is 0 Å². The Labute approximate surface area is 99.9 Å². The monoisotopic (exact) mass is 233 g/mol. The Morgan fingerprint density at radius 2 is 2.12 bits per heavy atom. The van der Waals surface area contributed by atoms with E-state index < -0.39 is 12.1 Å². The van der Waals surface area contributed by atoms with Gasteiger partial charge in [0.2, 0.25) is 0 Å². The number of aliphatic hydroxyl groups is 1. The fourth-order valence-electron chi connectivity index (χ4n) is 1.18. The van der Waals surface area contributed by atoms with Crippen LogP contribution in [0.15, 0.2) is 24.3 Å². The van der Waals surface area contributed by atoms with E-state index in [0.717, 1.165) is 0 Å². The van der Waals surface area contributed by atoms with Crippen LogP contribution < -0.4 is 11.1 Å². The largest absolute Gasteiger partial charge is 0.392 e. The molecule has 0 aliphatic rings. The lowest BCUT2D eigenvalue weighted by Crippen LogP contribution is -2.43. The number of hydrogen-bond acceptors (Lipinski definition) is 4. The quantitative estimate of drug-likeness (QED) is 0.681. The summed E-state index contributed by atoms with van der Waals surface area (Å²) in [5.41, 5.74) is 6.54. The molecule has 1 rings (SSSR count). The highest BCUT2D eigenvalue weighted by atomic mass is 16.3. The second-order valence-electron chi connectivity index (χ2n) is 3.80. The summed E-state index contributed by atoms with van der Waals surface area (Å²) in [6.45, 7) is 1.77. The molecule has 0 aliphatic carbocycles. The Kier molecular flexibility index (Phi) is 4.64. The van der Waals surface area contributed by atoms with Crippen molar-refractivity contribution in [2.45, 2.75) is 19.1 Å². The fraction of sp³-hybridized carbons (Fsp3) is 0.333. The van der Waals surface area contributed by atoms with Crippen LogP contribution in [-0.4, -0.2) is 29.7 Å². The van der Waals surface area contributed by atoms with Crippen LogP contribution in [0.4, 0.5) is 0 Å². The van der Waals surface area contributed by atoms with E-state index >= 15 is 0 Å². The zero-order valence-corrected chi connectivity index (χ0v) is 9.55. The number of rotatable bonds is 4. The third-order valence-corrected chi connectivity index (χ3v) is 2.39. The molecule has 0 saturated heterocycles. The number of nitrogens with one attached hydrogen (secondary N) is 1. The first kappa shape index (κ1) is 13.2. The number of carbonyl (C=O) groups is 1. The second-order valence-corrected chi connectivity index (χ2v) is 3.80. The normalized spacial score (nSPS) is 13.5. The Bertz CT molecular complexity index is 420. The zero-order chi connectivity index (χ0) is 12.8. The summed E-state index contributed by atoms with van der Waals surface area (Å²) in [5.74, 6) is -0.273. The molecule has 2 atom stereocenters. The minimum atomic E-state index is -0.670. The van der Waals surface area contributed by atoms with E-state index in [2.05, 4.69) is 5.32 Å². The first-order chi connectivity index (χ1) is 8.04. The van der Waals surface area contributed by atoms with Gasteiger partial charge in [-0.25, -0.2) is 0 Å². The average Bonchev–Trinajstić information content (AvgIpc) is 2.35. The lowest BCUT2D eigenvalue weighted by molar-refractivity contribution is 0.0937. The third-order valence-electron chi connectivity index (χ3n) is 2.39. The summed E-state index contributed by atoms with van der Waals surface area (Å²) in [6.07, 6.45) is -0.670. The van der Waals surface area contributed by atoms with Gasteiger partial charge < -0.3 is 16.2 Å². The van der Waals surface area contributed by atoms with Gasteiger partial charge in [0.25, 0.3) is 5.91 Å². The third kappa shape index (κ3) is 3.87. The van der Waals surface area contributed by atoms with Crippen molar-refractivity contribution in [3.05, 3.63) is 35.4 Å². The molecular formula is C12H15N3O2. The molecule has 5 nitrogen and oxygen atoms in total. The lowest BCUT2D eigenvalue weighted by Gasteiger charge is -2.15. The summed E-state index contributed by atoms with van der Waals surface area (Å²) in [7, 11) is 0. The van der Waals surface area contributed by atoms with Gasteiger partial charge in [0.1, 0.15) is 0 Å². The molecule has 0 aromatic heterocycles. The van der Waals surface area contributed by atoms with Gasteiger partial charge in [0.05, 0.1) is 17.7 Å². The number of nitriles is 1. The number of amides is 1. The van der Waals surface area contributed by atoms with Crippen LogP contribution in [0.3, 0.4) is 0 Å². The Morgan fingerprint density at radius 1 is 1.53 bits per heavy atom. The molecule has 0 radical (unpaired) electrons. The molecule has 0 bridgehead atoms. The van der Waals surface area contributed by atoms with Crippen LogP contribution in [-0.2, 0) is 0 Å². The van der Waals surface area contributed by atoms with Crippen LogP contribution in [0, 0.1) is 11.3 Å². The first-order valence-electron chi connectivity index (χ1n) is 5.26. The topological polar surface area (TPSA) is 99.1 Å². The number of nitrogens with zero attached hydrogens (tertiary/aromatic N) is 1. The van der Waals surface area contributed by atoms with Gasteiger partial charge in [-0.1, -0.05) is 0 Å². The molecule has 2 unspecified atom stereocenters. The van der Waals surface area contributed by atoms with Crippen LogP contribution in [0.2, 0.25) is 0 Å². The van der Waals surface area contributed by atoms with Gasteiger partial charge in [0, 0.05) is 18.2 Å². The summed E-state index contributed by atoms with van der Waals surface area (Å²) >= 11 is 0. The maximum atomic E-state index is 11.6. The first-order valence-corrected chi connectivity index (χ1v) is 5.26. The number of carbonyl (C=O) groups excluding carboxylic acids is 1. The molecule has 1 amide bonds. The van der Waals surface area contributed by atoms with Gasteiger partial charge in [0.15, 0.2) is 0 Å². The van der Waals surface area contributed by atoms with Crippen LogP contribution in [0.1, 0.15) is 22.8 Å². The molecule has 4 N–H and O–H groups in total. The molecule has 90 valence electrons. The van der Waals surface area contributed by atoms with Gasteiger partial charge in [-0.3, -0.25) is 4.79 Å². The van der Waals surface area contributed by atoms with Crippen molar-refractivity contribution in [2.24, 2.45) is 5.73 Å².